The van der Waals surface area contributed by atoms with E-state index in [2.05, 4.69) is 61.4 Å². The molecule has 1 N–H and O–H groups in total. The fourth-order valence-electron chi connectivity index (χ4n) is 2.84. The Morgan fingerprint density at radius 1 is 0.923 bits per heavy atom. The molecule has 26 heavy (non-hydrogen) atoms. The van der Waals surface area contributed by atoms with Crippen molar-refractivity contribution in [3.63, 3.8) is 0 Å². The number of aromatic nitrogens is 2. The van der Waals surface area contributed by atoms with Crippen LogP contribution in [0.2, 0.25) is 0 Å². The van der Waals surface area contributed by atoms with Crippen molar-refractivity contribution in [1.82, 2.24) is 9.55 Å². The molecule has 3 aromatic carbocycles. The van der Waals surface area contributed by atoms with Crippen LogP contribution < -0.4 is 5.43 Å². The van der Waals surface area contributed by atoms with Gasteiger partial charge in [-0.15, -0.1) is 0 Å². The smallest absolute Gasteiger partial charge is 0.154 e. The Morgan fingerprint density at radius 3 is 2.50 bits per heavy atom. The number of nitrogens with one attached hydrogen (secondary N) is 1. The zero-order chi connectivity index (χ0) is 17.8. The molecule has 4 nitrogen and oxygen atoms in total. The molecular weight excluding hydrogens is 388 g/mol. The Morgan fingerprint density at radius 2 is 1.65 bits per heavy atom. The lowest BCUT2D eigenvalue weighted by molar-refractivity contribution is 0.816. The highest BCUT2D eigenvalue weighted by Crippen LogP contribution is 2.21. The molecule has 1 heterocycles. The van der Waals surface area contributed by atoms with Gasteiger partial charge in [-0.3, -0.25) is 5.43 Å². The standard InChI is InChI=1S/C21H17BrN4/c22-17-10-4-5-11-18(17)25-23-14-21-24-19-12-6-7-13-20(19)26(21)15-16-8-2-1-3-9-16/h1-14,25H,15H2/b23-14-. The lowest BCUT2D eigenvalue weighted by Crippen LogP contribution is -2.05. The van der Waals surface area contributed by atoms with Gasteiger partial charge in [0.2, 0.25) is 0 Å². The Hall–Kier alpha value is -2.92. The molecule has 0 aliphatic rings. The van der Waals surface area contributed by atoms with Crippen LogP contribution in [-0.2, 0) is 6.54 Å². The van der Waals surface area contributed by atoms with Crippen molar-refractivity contribution in [1.29, 1.82) is 0 Å². The molecule has 4 rings (SSSR count). The summed E-state index contributed by atoms with van der Waals surface area (Å²) in [5.41, 5.74) is 7.26. The van der Waals surface area contributed by atoms with Crippen molar-refractivity contribution in [2.45, 2.75) is 6.54 Å². The van der Waals surface area contributed by atoms with E-state index in [9.17, 15) is 0 Å². The fraction of sp³-hybridized carbons (Fsp3) is 0.0476. The van der Waals surface area contributed by atoms with Crippen LogP contribution in [0, 0.1) is 0 Å². The molecule has 0 saturated carbocycles. The highest BCUT2D eigenvalue weighted by molar-refractivity contribution is 9.10. The van der Waals surface area contributed by atoms with Crippen LogP contribution in [0.3, 0.4) is 0 Å². The average molecular weight is 405 g/mol. The third-order valence-corrected chi connectivity index (χ3v) is 4.80. The highest BCUT2D eigenvalue weighted by Gasteiger charge is 2.09. The summed E-state index contributed by atoms with van der Waals surface area (Å²) in [6.07, 6.45) is 1.77. The number of imidazole rings is 1. The third kappa shape index (κ3) is 3.53. The van der Waals surface area contributed by atoms with Crippen LogP contribution in [0.15, 0.2) is 88.4 Å². The van der Waals surface area contributed by atoms with Crippen LogP contribution in [0.5, 0.6) is 0 Å². The van der Waals surface area contributed by atoms with Gasteiger partial charge in [0.25, 0.3) is 0 Å². The molecular formula is C21H17BrN4. The Bertz CT molecular complexity index is 1050. The van der Waals surface area contributed by atoms with Gasteiger partial charge >= 0.3 is 0 Å². The van der Waals surface area contributed by atoms with E-state index in [4.69, 9.17) is 4.98 Å². The molecule has 1 aromatic heterocycles. The molecule has 0 atom stereocenters. The minimum Gasteiger partial charge on any atom is -0.319 e. The SMILES string of the molecule is Brc1ccccc1N/N=C\c1nc2ccccc2n1Cc1ccccc1. The third-order valence-electron chi connectivity index (χ3n) is 4.11. The molecule has 0 amide bonds. The summed E-state index contributed by atoms with van der Waals surface area (Å²) in [6, 6.07) is 26.4. The van der Waals surface area contributed by atoms with E-state index in [1.807, 2.05) is 48.5 Å². The minimum atomic E-state index is 0.748. The molecule has 128 valence electrons. The molecule has 0 aliphatic carbocycles. The van der Waals surface area contributed by atoms with Gasteiger partial charge in [0.05, 0.1) is 22.9 Å². The maximum atomic E-state index is 4.72. The number of nitrogens with zero attached hydrogens (tertiary/aromatic N) is 3. The number of hydrogen-bond acceptors (Lipinski definition) is 3. The molecule has 0 saturated heterocycles. The summed E-state index contributed by atoms with van der Waals surface area (Å²) in [5, 5.41) is 4.38. The number of fused-ring (bicyclic) bond motifs is 1. The molecule has 4 aromatic rings. The van der Waals surface area contributed by atoms with E-state index in [0.717, 1.165) is 33.6 Å². The van der Waals surface area contributed by atoms with Crippen molar-refractivity contribution >= 4 is 38.9 Å². The van der Waals surface area contributed by atoms with Gasteiger partial charge in [0.1, 0.15) is 0 Å². The van der Waals surface area contributed by atoms with Gasteiger partial charge in [-0.1, -0.05) is 54.6 Å². The topological polar surface area (TPSA) is 42.2 Å². The second-order valence-electron chi connectivity index (χ2n) is 5.88. The maximum absolute atomic E-state index is 4.72. The largest absolute Gasteiger partial charge is 0.319 e. The van der Waals surface area contributed by atoms with Gasteiger partial charge in [-0.2, -0.15) is 5.10 Å². The first-order chi connectivity index (χ1) is 12.8. The van der Waals surface area contributed by atoms with Gasteiger partial charge in [-0.25, -0.2) is 4.98 Å². The number of rotatable bonds is 5. The first-order valence-corrected chi connectivity index (χ1v) is 9.13. The average Bonchev–Trinajstić information content (AvgIpc) is 3.02. The number of benzene rings is 3. The zero-order valence-corrected chi connectivity index (χ0v) is 15.6. The van der Waals surface area contributed by atoms with Crippen LogP contribution in [0.25, 0.3) is 11.0 Å². The van der Waals surface area contributed by atoms with E-state index in [1.165, 1.54) is 5.56 Å². The van der Waals surface area contributed by atoms with E-state index in [-0.39, 0.29) is 0 Å². The number of para-hydroxylation sites is 3. The Labute approximate surface area is 160 Å². The highest BCUT2D eigenvalue weighted by atomic mass is 79.9. The molecule has 0 fully saturated rings. The monoisotopic (exact) mass is 404 g/mol. The number of anilines is 1. The van der Waals surface area contributed by atoms with Crippen LogP contribution >= 0.6 is 15.9 Å². The molecule has 0 spiro atoms. The van der Waals surface area contributed by atoms with Crippen molar-refractivity contribution in [3.8, 4) is 0 Å². The second-order valence-corrected chi connectivity index (χ2v) is 6.73. The van der Waals surface area contributed by atoms with E-state index in [0.29, 0.717) is 0 Å². The molecule has 0 bridgehead atoms. The predicted molar refractivity (Wildman–Crippen MR) is 111 cm³/mol. The van der Waals surface area contributed by atoms with Crippen LogP contribution in [0.1, 0.15) is 11.4 Å². The molecule has 0 radical (unpaired) electrons. The lowest BCUT2D eigenvalue weighted by Gasteiger charge is -2.07. The van der Waals surface area contributed by atoms with Gasteiger partial charge in [0.15, 0.2) is 5.82 Å². The maximum Gasteiger partial charge on any atom is 0.154 e. The Kier molecular flexibility index (Phi) is 4.80. The summed E-state index contributed by atoms with van der Waals surface area (Å²) in [4.78, 5) is 4.72. The quantitative estimate of drug-likeness (QED) is 0.362. The first-order valence-electron chi connectivity index (χ1n) is 8.34. The summed E-state index contributed by atoms with van der Waals surface area (Å²) in [7, 11) is 0. The van der Waals surface area contributed by atoms with E-state index in [1.54, 1.807) is 6.21 Å². The van der Waals surface area contributed by atoms with Crippen molar-refractivity contribution in [2.75, 3.05) is 5.43 Å². The predicted octanol–water partition coefficient (Wildman–Crippen LogP) is 5.29. The summed E-state index contributed by atoms with van der Waals surface area (Å²) < 4.78 is 3.14. The Balaban J connectivity index is 1.67. The van der Waals surface area contributed by atoms with Gasteiger partial charge in [0, 0.05) is 11.0 Å². The summed E-state index contributed by atoms with van der Waals surface area (Å²) >= 11 is 3.51. The van der Waals surface area contributed by atoms with E-state index < -0.39 is 0 Å². The summed E-state index contributed by atoms with van der Waals surface area (Å²) in [6.45, 7) is 0.748. The lowest BCUT2D eigenvalue weighted by atomic mass is 10.2. The first kappa shape index (κ1) is 16.5. The van der Waals surface area contributed by atoms with Crippen LogP contribution in [-0.4, -0.2) is 15.8 Å². The van der Waals surface area contributed by atoms with Gasteiger partial charge in [-0.05, 0) is 45.8 Å². The second kappa shape index (κ2) is 7.54. The molecule has 0 aliphatic heterocycles. The van der Waals surface area contributed by atoms with Crippen LogP contribution in [0.4, 0.5) is 5.69 Å². The molecule has 0 unspecified atom stereocenters. The normalized spacial score (nSPS) is 11.3. The number of hydrogen-bond donors (Lipinski definition) is 1. The number of halogens is 1. The fourth-order valence-corrected chi connectivity index (χ4v) is 3.21. The molecule has 5 heteroatoms. The minimum absolute atomic E-state index is 0.748. The van der Waals surface area contributed by atoms with Crippen molar-refractivity contribution < 1.29 is 0 Å². The van der Waals surface area contributed by atoms with Crippen molar-refractivity contribution in [3.05, 3.63) is 94.7 Å². The van der Waals surface area contributed by atoms with Gasteiger partial charge < -0.3 is 4.57 Å². The summed E-state index contributed by atoms with van der Waals surface area (Å²) in [5.74, 6) is 0.814. The van der Waals surface area contributed by atoms with E-state index >= 15 is 0 Å². The zero-order valence-electron chi connectivity index (χ0n) is 14.0. The van der Waals surface area contributed by atoms with Crippen molar-refractivity contribution in [2.24, 2.45) is 5.10 Å². The number of hydrazone groups is 1.